The van der Waals surface area contributed by atoms with Crippen LogP contribution in [0.4, 0.5) is 0 Å². The maximum atomic E-state index is 11.7. The molecule has 0 amide bonds. The largest absolute Gasteiger partial charge is 0.487 e. The van der Waals surface area contributed by atoms with Crippen LogP contribution in [0.25, 0.3) is 10.8 Å². The molecule has 20 heavy (non-hydrogen) atoms. The molecule has 104 valence electrons. The molecule has 4 nitrogen and oxygen atoms in total. The first kappa shape index (κ1) is 12.9. The summed E-state index contributed by atoms with van der Waals surface area (Å²) in [6.45, 7) is 3.73. The van der Waals surface area contributed by atoms with Crippen molar-refractivity contribution in [1.29, 1.82) is 0 Å². The number of carbonyl (C=O) groups is 1. The summed E-state index contributed by atoms with van der Waals surface area (Å²) in [4.78, 5) is 11.7. The van der Waals surface area contributed by atoms with Crippen LogP contribution >= 0.6 is 0 Å². The number of rotatable bonds is 1. The summed E-state index contributed by atoms with van der Waals surface area (Å²) in [6, 6.07) is 11.4. The van der Waals surface area contributed by atoms with Gasteiger partial charge >= 0.3 is 5.97 Å². The van der Waals surface area contributed by atoms with Gasteiger partial charge in [0.1, 0.15) is 16.9 Å². The number of hydrogen-bond donors (Lipinski definition) is 2. The second-order valence-corrected chi connectivity index (χ2v) is 5.98. The molecule has 0 saturated heterocycles. The molecule has 1 aliphatic rings. The molecule has 1 unspecified atom stereocenters. The fourth-order valence-electron chi connectivity index (χ4n) is 2.97. The highest BCUT2D eigenvalue weighted by atomic mass is 16.5. The van der Waals surface area contributed by atoms with Gasteiger partial charge in [0.2, 0.25) is 0 Å². The fraction of sp³-hybridized carbons (Fsp3) is 0.312. The van der Waals surface area contributed by atoms with E-state index >= 15 is 0 Å². The van der Waals surface area contributed by atoms with Gasteiger partial charge in [0.05, 0.1) is 0 Å². The maximum Gasteiger partial charge on any atom is 0.328 e. The zero-order valence-corrected chi connectivity index (χ0v) is 11.5. The van der Waals surface area contributed by atoms with Gasteiger partial charge in [-0.2, -0.15) is 0 Å². The van der Waals surface area contributed by atoms with Crippen molar-refractivity contribution in [2.75, 3.05) is 0 Å². The third-order valence-corrected chi connectivity index (χ3v) is 3.82. The van der Waals surface area contributed by atoms with Gasteiger partial charge in [-0.05, 0) is 19.2 Å². The van der Waals surface area contributed by atoms with Crippen LogP contribution in [-0.4, -0.2) is 16.7 Å². The number of carboxylic acids is 1. The van der Waals surface area contributed by atoms with Gasteiger partial charge in [0.25, 0.3) is 0 Å². The molecule has 4 heteroatoms. The summed E-state index contributed by atoms with van der Waals surface area (Å²) >= 11 is 0. The van der Waals surface area contributed by atoms with Crippen LogP contribution < -0.4 is 10.5 Å². The van der Waals surface area contributed by atoms with Crippen molar-refractivity contribution in [3.8, 4) is 5.75 Å². The van der Waals surface area contributed by atoms with Gasteiger partial charge in [0, 0.05) is 17.4 Å². The quantitative estimate of drug-likeness (QED) is 0.836. The van der Waals surface area contributed by atoms with E-state index in [1.54, 1.807) is 6.07 Å². The van der Waals surface area contributed by atoms with Crippen LogP contribution in [0, 0.1) is 0 Å². The molecule has 0 spiro atoms. The molecule has 0 aliphatic carbocycles. The Hall–Kier alpha value is -2.07. The number of fused-ring (bicyclic) bond motifs is 3. The second-order valence-electron chi connectivity index (χ2n) is 5.98. The lowest BCUT2D eigenvalue weighted by atomic mass is 9.77. The van der Waals surface area contributed by atoms with Gasteiger partial charge < -0.3 is 15.6 Å². The SMILES string of the molecule is CC1(C)CC(N)(C(=O)O)c2ccc3ccccc3c2O1. The molecule has 1 aliphatic heterocycles. The number of aliphatic carboxylic acids is 1. The number of ether oxygens (including phenoxy) is 1. The van der Waals surface area contributed by atoms with E-state index in [4.69, 9.17) is 10.5 Å². The van der Waals surface area contributed by atoms with E-state index in [2.05, 4.69) is 0 Å². The minimum atomic E-state index is -1.42. The van der Waals surface area contributed by atoms with Gasteiger partial charge in [-0.15, -0.1) is 0 Å². The molecule has 1 atom stereocenters. The van der Waals surface area contributed by atoms with E-state index in [0.717, 1.165) is 10.8 Å². The second kappa shape index (κ2) is 3.96. The number of hydrogen-bond acceptors (Lipinski definition) is 3. The Morgan fingerprint density at radius 2 is 1.95 bits per heavy atom. The molecular formula is C16H17NO3. The van der Waals surface area contributed by atoms with Gasteiger partial charge in [-0.3, -0.25) is 0 Å². The summed E-state index contributed by atoms with van der Waals surface area (Å²) in [7, 11) is 0. The summed E-state index contributed by atoms with van der Waals surface area (Å²) in [5, 5.41) is 11.5. The molecular weight excluding hydrogens is 254 g/mol. The van der Waals surface area contributed by atoms with E-state index < -0.39 is 17.1 Å². The number of carboxylic acid groups (broad SMARTS) is 1. The topological polar surface area (TPSA) is 72.6 Å². The average Bonchev–Trinajstić information content (AvgIpc) is 2.37. The standard InChI is InChI=1S/C16H17NO3/c1-15(2)9-16(17,14(18)19)12-8-7-10-5-3-4-6-11(10)13(12)20-15/h3-8H,9,17H2,1-2H3,(H,18,19). The predicted octanol–water partition coefficient (Wildman–Crippen LogP) is 2.64. The molecule has 2 aromatic carbocycles. The fourth-order valence-corrected chi connectivity index (χ4v) is 2.97. The first-order chi connectivity index (χ1) is 9.33. The molecule has 0 fully saturated rings. The lowest BCUT2D eigenvalue weighted by Crippen LogP contribution is -2.54. The molecule has 3 N–H and O–H groups in total. The van der Waals surface area contributed by atoms with Crippen molar-refractivity contribution in [2.24, 2.45) is 5.73 Å². The van der Waals surface area contributed by atoms with E-state index in [0.29, 0.717) is 11.3 Å². The summed E-state index contributed by atoms with van der Waals surface area (Å²) in [5.74, 6) is -0.436. The van der Waals surface area contributed by atoms with E-state index in [1.807, 2.05) is 44.2 Å². The van der Waals surface area contributed by atoms with Crippen LogP contribution in [0.15, 0.2) is 36.4 Å². The first-order valence-corrected chi connectivity index (χ1v) is 6.57. The molecule has 1 heterocycles. The van der Waals surface area contributed by atoms with Crippen molar-refractivity contribution in [1.82, 2.24) is 0 Å². The predicted molar refractivity (Wildman–Crippen MR) is 76.8 cm³/mol. The van der Waals surface area contributed by atoms with Gasteiger partial charge in [0.15, 0.2) is 0 Å². The van der Waals surface area contributed by atoms with Gasteiger partial charge in [-0.1, -0.05) is 36.4 Å². The van der Waals surface area contributed by atoms with E-state index in [1.165, 1.54) is 0 Å². The Bertz CT molecular complexity index is 708. The highest BCUT2D eigenvalue weighted by Gasteiger charge is 2.48. The van der Waals surface area contributed by atoms with Crippen LogP contribution in [0.3, 0.4) is 0 Å². The molecule has 0 bridgehead atoms. The molecule has 2 aromatic rings. The van der Waals surface area contributed by atoms with Crippen LogP contribution in [0.2, 0.25) is 0 Å². The Labute approximate surface area is 117 Å². The highest BCUT2D eigenvalue weighted by Crippen LogP contribution is 2.45. The Morgan fingerprint density at radius 1 is 1.25 bits per heavy atom. The lowest BCUT2D eigenvalue weighted by molar-refractivity contribution is -0.147. The minimum Gasteiger partial charge on any atom is -0.487 e. The Morgan fingerprint density at radius 3 is 2.65 bits per heavy atom. The molecule has 0 radical (unpaired) electrons. The molecule has 0 aromatic heterocycles. The van der Waals surface area contributed by atoms with E-state index in [9.17, 15) is 9.90 Å². The van der Waals surface area contributed by atoms with Crippen LogP contribution in [0.1, 0.15) is 25.8 Å². The summed E-state index contributed by atoms with van der Waals surface area (Å²) in [5.41, 5.74) is 4.71. The normalized spacial score (nSPS) is 23.9. The maximum absolute atomic E-state index is 11.7. The van der Waals surface area contributed by atoms with Gasteiger partial charge in [-0.25, -0.2) is 4.79 Å². The van der Waals surface area contributed by atoms with Crippen molar-refractivity contribution in [2.45, 2.75) is 31.4 Å². The number of nitrogens with two attached hydrogens (primary N) is 1. The highest BCUT2D eigenvalue weighted by molar-refractivity contribution is 5.93. The van der Waals surface area contributed by atoms with Crippen molar-refractivity contribution >= 4 is 16.7 Å². The molecule has 0 saturated carbocycles. The monoisotopic (exact) mass is 271 g/mol. The summed E-state index contributed by atoms with van der Waals surface area (Å²) in [6.07, 6.45) is 0.237. The Balaban J connectivity index is 2.35. The zero-order chi connectivity index (χ0) is 14.5. The van der Waals surface area contributed by atoms with Crippen LogP contribution in [-0.2, 0) is 10.3 Å². The van der Waals surface area contributed by atoms with Crippen LogP contribution in [0.5, 0.6) is 5.75 Å². The lowest BCUT2D eigenvalue weighted by Gasteiger charge is -2.41. The van der Waals surface area contributed by atoms with Crippen molar-refractivity contribution < 1.29 is 14.6 Å². The minimum absolute atomic E-state index is 0.237. The van der Waals surface area contributed by atoms with Crippen molar-refractivity contribution in [3.05, 3.63) is 42.0 Å². The smallest absolute Gasteiger partial charge is 0.328 e. The third kappa shape index (κ3) is 1.76. The average molecular weight is 271 g/mol. The Kier molecular flexibility index (Phi) is 2.56. The zero-order valence-electron chi connectivity index (χ0n) is 11.5. The van der Waals surface area contributed by atoms with Crippen molar-refractivity contribution in [3.63, 3.8) is 0 Å². The first-order valence-electron chi connectivity index (χ1n) is 6.57. The summed E-state index contributed by atoms with van der Waals surface area (Å²) < 4.78 is 6.03. The third-order valence-electron chi connectivity index (χ3n) is 3.82. The molecule has 3 rings (SSSR count). The number of benzene rings is 2. The van der Waals surface area contributed by atoms with E-state index in [-0.39, 0.29) is 6.42 Å².